The van der Waals surface area contributed by atoms with Gasteiger partial charge in [-0.05, 0) is 50.8 Å². The largest absolute Gasteiger partial charge is 0.490 e. The number of ether oxygens (including phenoxy) is 1. The molecule has 0 radical (unpaired) electrons. The molecule has 1 aliphatic carbocycles. The summed E-state index contributed by atoms with van der Waals surface area (Å²) in [6.45, 7) is 3.08. The van der Waals surface area contributed by atoms with Crippen molar-refractivity contribution in [3.05, 3.63) is 42.0 Å². The average molecular weight is 314 g/mol. The van der Waals surface area contributed by atoms with Crippen molar-refractivity contribution in [2.24, 2.45) is 0 Å². The van der Waals surface area contributed by atoms with Crippen molar-refractivity contribution >= 4 is 5.91 Å². The fraction of sp³-hybridized carbons (Fsp3) is 0.471. The van der Waals surface area contributed by atoms with E-state index in [1.807, 2.05) is 29.7 Å². The van der Waals surface area contributed by atoms with Gasteiger partial charge in [0.2, 0.25) is 0 Å². The Hall–Kier alpha value is -2.37. The molecule has 1 N–H and O–H groups in total. The Morgan fingerprint density at radius 3 is 2.96 bits per heavy atom. The number of carbonyl (C=O) groups is 1. The Morgan fingerprint density at radius 1 is 1.39 bits per heavy atom. The summed E-state index contributed by atoms with van der Waals surface area (Å²) in [6.07, 6.45) is 6.63. The second-order valence-corrected chi connectivity index (χ2v) is 5.88. The number of aryl methyl sites for hydroxylation is 1. The van der Waals surface area contributed by atoms with Gasteiger partial charge in [0.25, 0.3) is 5.91 Å². The maximum Gasteiger partial charge on any atom is 0.251 e. The predicted molar refractivity (Wildman–Crippen MR) is 86.4 cm³/mol. The maximum atomic E-state index is 12.2. The van der Waals surface area contributed by atoms with Crippen LogP contribution in [0.15, 0.2) is 30.6 Å². The molecule has 6 heteroatoms. The lowest BCUT2D eigenvalue weighted by molar-refractivity contribution is 0.0951. The SMILES string of the molecule is Cc1nncn1CCNC(=O)c1cccc(OC2CCCC2)c1. The Bertz CT molecular complexity index is 662. The second-order valence-electron chi connectivity index (χ2n) is 5.88. The minimum absolute atomic E-state index is 0.0902. The van der Waals surface area contributed by atoms with Gasteiger partial charge in [0, 0.05) is 18.7 Å². The summed E-state index contributed by atoms with van der Waals surface area (Å²) in [7, 11) is 0. The van der Waals surface area contributed by atoms with Crippen molar-refractivity contribution in [2.45, 2.75) is 45.3 Å². The van der Waals surface area contributed by atoms with Crippen LogP contribution in [0.1, 0.15) is 41.9 Å². The lowest BCUT2D eigenvalue weighted by Crippen LogP contribution is -2.27. The van der Waals surface area contributed by atoms with Crippen molar-refractivity contribution < 1.29 is 9.53 Å². The van der Waals surface area contributed by atoms with Crippen LogP contribution in [-0.4, -0.2) is 33.3 Å². The third-order valence-corrected chi connectivity index (χ3v) is 4.15. The molecule has 23 heavy (non-hydrogen) atoms. The molecular formula is C17H22N4O2. The van der Waals surface area contributed by atoms with E-state index in [9.17, 15) is 4.79 Å². The first-order chi connectivity index (χ1) is 11.2. The van der Waals surface area contributed by atoms with Crippen LogP contribution in [0.4, 0.5) is 0 Å². The molecule has 122 valence electrons. The molecule has 0 saturated heterocycles. The average Bonchev–Trinajstić information content (AvgIpc) is 3.20. The van der Waals surface area contributed by atoms with Crippen LogP contribution >= 0.6 is 0 Å². The van der Waals surface area contributed by atoms with Crippen molar-refractivity contribution in [1.29, 1.82) is 0 Å². The molecule has 1 aromatic carbocycles. The monoisotopic (exact) mass is 314 g/mol. The molecule has 0 unspecified atom stereocenters. The van der Waals surface area contributed by atoms with Crippen LogP contribution in [0.2, 0.25) is 0 Å². The Labute approximate surface area is 135 Å². The highest BCUT2D eigenvalue weighted by Crippen LogP contribution is 2.24. The minimum atomic E-state index is -0.0902. The highest BCUT2D eigenvalue weighted by molar-refractivity contribution is 5.94. The summed E-state index contributed by atoms with van der Waals surface area (Å²) in [4.78, 5) is 12.2. The second kappa shape index (κ2) is 7.26. The van der Waals surface area contributed by atoms with Gasteiger partial charge in [-0.25, -0.2) is 0 Å². The minimum Gasteiger partial charge on any atom is -0.490 e. The van der Waals surface area contributed by atoms with Crippen molar-refractivity contribution in [3.63, 3.8) is 0 Å². The van der Waals surface area contributed by atoms with Gasteiger partial charge in [0.05, 0.1) is 6.10 Å². The normalized spacial score (nSPS) is 14.8. The Balaban J connectivity index is 1.53. The maximum absolute atomic E-state index is 12.2. The first-order valence-electron chi connectivity index (χ1n) is 8.12. The number of benzene rings is 1. The Morgan fingerprint density at radius 2 is 2.22 bits per heavy atom. The highest BCUT2D eigenvalue weighted by Gasteiger charge is 2.17. The van der Waals surface area contributed by atoms with E-state index in [1.165, 1.54) is 12.8 Å². The molecule has 3 rings (SSSR count). The molecule has 1 aliphatic rings. The first kappa shape index (κ1) is 15.5. The number of hydrogen-bond donors (Lipinski definition) is 1. The molecule has 1 fully saturated rings. The number of nitrogens with zero attached hydrogens (tertiary/aromatic N) is 3. The molecule has 6 nitrogen and oxygen atoms in total. The van der Waals surface area contributed by atoms with Crippen molar-refractivity contribution in [1.82, 2.24) is 20.1 Å². The summed E-state index contributed by atoms with van der Waals surface area (Å²) in [5.41, 5.74) is 0.626. The van der Waals surface area contributed by atoms with E-state index in [0.717, 1.165) is 24.4 Å². The number of rotatable bonds is 6. The van der Waals surface area contributed by atoms with Crippen molar-refractivity contribution in [3.8, 4) is 5.75 Å². The smallest absolute Gasteiger partial charge is 0.251 e. The van der Waals surface area contributed by atoms with Crippen LogP contribution in [0.25, 0.3) is 0 Å². The summed E-state index contributed by atoms with van der Waals surface area (Å²) < 4.78 is 7.85. The fourth-order valence-corrected chi connectivity index (χ4v) is 2.83. The third kappa shape index (κ3) is 4.09. The fourth-order valence-electron chi connectivity index (χ4n) is 2.83. The number of carbonyl (C=O) groups excluding carboxylic acids is 1. The number of nitrogens with one attached hydrogen (secondary N) is 1. The van der Waals surface area contributed by atoms with Crippen LogP contribution < -0.4 is 10.1 Å². The van der Waals surface area contributed by atoms with Crippen molar-refractivity contribution in [2.75, 3.05) is 6.54 Å². The van der Waals surface area contributed by atoms with E-state index in [0.29, 0.717) is 24.8 Å². The molecule has 1 amide bonds. The lowest BCUT2D eigenvalue weighted by Gasteiger charge is -2.14. The van der Waals surface area contributed by atoms with Gasteiger partial charge in [-0.3, -0.25) is 4.79 Å². The predicted octanol–water partition coefficient (Wildman–Crippen LogP) is 2.34. The highest BCUT2D eigenvalue weighted by atomic mass is 16.5. The lowest BCUT2D eigenvalue weighted by atomic mass is 10.2. The molecule has 0 aliphatic heterocycles. The number of aromatic nitrogens is 3. The quantitative estimate of drug-likeness (QED) is 0.888. The molecule has 1 aromatic heterocycles. The van der Waals surface area contributed by atoms with Gasteiger partial charge in [-0.1, -0.05) is 6.07 Å². The standard InChI is InChI=1S/C17H22N4O2/c1-13-20-19-12-21(13)10-9-18-17(22)14-5-4-8-16(11-14)23-15-6-2-3-7-15/h4-5,8,11-12,15H,2-3,6-7,9-10H2,1H3,(H,18,22). The summed E-state index contributed by atoms with van der Waals surface area (Å²) >= 11 is 0. The van der Waals surface area contributed by atoms with Gasteiger partial charge < -0.3 is 14.6 Å². The van der Waals surface area contributed by atoms with Gasteiger partial charge in [-0.15, -0.1) is 10.2 Å². The van der Waals surface area contributed by atoms with Crippen LogP contribution in [0.3, 0.4) is 0 Å². The van der Waals surface area contributed by atoms with Gasteiger partial charge >= 0.3 is 0 Å². The van der Waals surface area contributed by atoms with Crippen LogP contribution in [-0.2, 0) is 6.54 Å². The van der Waals surface area contributed by atoms with Gasteiger partial charge in [0.1, 0.15) is 17.9 Å². The van der Waals surface area contributed by atoms with E-state index in [2.05, 4.69) is 15.5 Å². The van der Waals surface area contributed by atoms with Crippen LogP contribution in [0, 0.1) is 6.92 Å². The molecule has 2 aromatic rings. The number of hydrogen-bond acceptors (Lipinski definition) is 4. The summed E-state index contributed by atoms with van der Waals surface area (Å²) in [5.74, 6) is 1.53. The molecular weight excluding hydrogens is 292 g/mol. The zero-order chi connectivity index (χ0) is 16.1. The molecule has 1 heterocycles. The van der Waals surface area contributed by atoms with E-state index < -0.39 is 0 Å². The molecule has 1 saturated carbocycles. The van der Waals surface area contributed by atoms with E-state index >= 15 is 0 Å². The summed E-state index contributed by atoms with van der Waals surface area (Å²) in [6, 6.07) is 7.40. The molecule has 0 atom stereocenters. The zero-order valence-electron chi connectivity index (χ0n) is 13.4. The van der Waals surface area contributed by atoms with E-state index in [1.54, 1.807) is 12.4 Å². The van der Waals surface area contributed by atoms with E-state index in [4.69, 9.17) is 4.74 Å². The summed E-state index contributed by atoms with van der Waals surface area (Å²) in [5, 5.41) is 10.7. The van der Waals surface area contributed by atoms with Gasteiger partial charge in [0.15, 0.2) is 0 Å². The number of amides is 1. The molecule has 0 spiro atoms. The topological polar surface area (TPSA) is 69.0 Å². The first-order valence-corrected chi connectivity index (χ1v) is 8.12. The van der Waals surface area contributed by atoms with Gasteiger partial charge in [-0.2, -0.15) is 0 Å². The molecule has 0 bridgehead atoms. The van der Waals surface area contributed by atoms with E-state index in [-0.39, 0.29) is 5.91 Å². The zero-order valence-corrected chi connectivity index (χ0v) is 13.4. The Kier molecular flexibility index (Phi) is 4.90. The van der Waals surface area contributed by atoms with Crippen LogP contribution in [0.5, 0.6) is 5.75 Å². The third-order valence-electron chi connectivity index (χ3n) is 4.15.